The number of aromatic amines is 1. The molecule has 0 aliphatic rings. The minimum absolute atomic E-state index is 0.153. The van der Waals surface area contributed by atoms with E-state index in [1.54, 1.807) is 30.3 Å². The number of carbonyl (C=O) groups excluding carboxylic acids is 1. The standard InChI is InChI=1S/C25H19N3O4/c29-24-21-8-4-3-7-20(21)22(27-28-24)14-26-25(30)23-12-11-19(32-23)15-31-18-10-9-16-5-1-2-6-17(16)13-18/h1-13H,14-15H2,(H,26,30)(H,28,29). The third kappa shape index (κ3) is 3.96. The van der Waals surface area contributed by atoms with E-state index >= 15 is 0 Å². The van der Waals surface area contributed by atoms with E-state index in [0.29, 0.717) is 22.2 Å². The highest BCUT2D eigenvalue weighted by molar-refractivity contribution is 5.92. The van der Waals surface area contributed by atoms with Gasteiger partial charge in [-0.05, 0) is 41.1 Å². The molecule has 0 spiro atoms. The molecule has 0 saturated carbocycles. The summed E-state index contributed by atoms with van der Waals surface area (Å²) in [6.45, 7) is 0.359. The van der Waals surface area contributed by atoms with Gasteiger partial charge in [-0.2, -0.15) is 5.10 Å². The van der Waals surface area contributed by atoms with Gasteiger partial charge < -0.3 is 14.5 Å². The highest BCUT2D eigenvalue weighted by Crippen LogP contribution is 2.22. The number of carbonyl (C=O) groups is 1. The number of aromatic nitrogens is 2. The van der Waals surface area contributed by atoms with E-state index in [2.05, 4.69) is 15.5 Å². The maximum Gasteiger partial charge on any atom is 0.287 e. The van der Waals surface area contributed by atoms with Crippen LogP contribution in [0.25, 0.3) is 21.5 Å². The van der Waals surface area contributed by atoms with Crippen LogP contribution in [0.15, 0.2) is 88.1 Å². The van der Waals surface area contributed by atoms with Gasteiger partial charge in [0.15, 0.2) is 5.76 Å². The highest BCUT2D eigenvalue weighted by Gasteiger charge is 2.13. The zero-order chi connectivity index (χ0) is 21.9. The number of nitrogens with zero attached hydrogens (tertiary/aromatic N) is 1. The molecule has 0 saturated heterocycles. The molecule has 2 heterocycles. The molecule has 32 heavy (non-hydrogen) atoms. The van der Waals surface area contributed by atoms with Gasteiger partial charge in [0.2, 0.25) is 0 Å². The second kappa shape index (κ2) is 8.39. The molecule has 0 unspecified atom stereocenters. The molecule has 0 aliphatic carbocycles. The summed E-state index contributed by atoms with van der Waals surface area (Å²) in [4.78, 5) is 24.4. The number of nitrogens with one attached hydrogen (secondary N) is 2. The Balaban J connectivity index is 1.23. The fourth-order valence-corrected chi connectivity index (χ4v) is 3.55. The van der Waals surface area contributed by atoms with Gasteiger partial charge in [-0.3, -0.25) is 9.59 Å². The fourth-order valence-electron chi connectivity index (χ4n) is 3.55. The Hall–Kier alpha value is -4.39. The van der Waals surface area contributed by atoms with E-state index in [1.165, 1.54) is 0 Å². The van der Waals surface area contributed by atoms with Crippen molar-refractivity contribution in [3.05, 3.63) is 106 Å². The summed E-state index contributed by atoms with van der Waals surface area (Å²) < 4.78 is 11.4. The Bertz CT molecular complexity index is 1490. The first-order valence-electron chi connectivity index (χ1n) is 10.1. The lowest BCUT2D eigenvalue weighted by Crippen LogP contribution is -2.24. The predicted octanol–water partition coefficient (Wildman–Crippen LogP) is 4.18. The molecule has 7 heteroatoms. The lowest BCUT2D eigenvalue weighted by molar-refractivity contribution is 0.0918. The summed E-state index contributed by atoms with van der Waals surface area (Å²) in [5.74, 6) is 1.06. The molecule has 158 valence electrons. The van der Waals surface area contributed by atoms with Crippen molar-refractivity contribution in [1.29, 1.82) is 0 Å². The fraction of sp³-hybridized carbons (Fsp3) is 0.0800. The van der Waals surface area contributed by atoms with Crippen molar-refractivity contribution in [3.8, 4) is 5.75 Å². The van der Waals surface area contributed by atoms with E-state index in [4.69, 9.17) is 9.15 Å². The Morgan fingerprint density at radius 2 is 1.72 bits per heavy atom. The van der Waals surface area contributed by atoms with E-state index in [0.717, 1.165) is 16.5 Å². The minimum Gasteiger partial charge on any atom is -0.486 e. The third-order valence-corrected chi connectivity index (χ3v) is 5.18. The molecule has 1 amide bonds. The van der Waals surface area contributed by atoms with E-state index in [1.807, 2.05) is 48.5 Å². The Morgan fingerprint density at radius 3 is 2.59 bits per heavy atom. The lowest BCUT2D eigenvalue weighted by atomic mass is 10.1. The Morgan fingerprint density at radius 1 is 0.938 bits per heavy atom. The van der Waals surface area contributed by atoms with Crippen LogP contribution in [0.1, 0.15) is 22.0 Å². The monoisotopic (exact) mass is 425 g/mol. The molecule has 2 aromatic heterocycles. The SMILES string of the molecule is O=C(NCc1n[nH]c(=O)c2ccccc12)c1ccc(COc2ccc3ccccc3c2)o1. The van der Waals surface area contributed by atoms with Crippen molar-refractivity contribution < 1.29 is 13.9 Å². The third-order valence-electron chi connectivity index (χ3n) is 5.18. The first-order valence-corrected chi connectivity index (χ1v) is 10.1. The smallest absolute Gasteiger partial charge is 0.287 e. The number of fused-ring (bicyclic) bond motifs is 2. The maximum atomic E-state index is 12.5. The number of H-pyrrole nitrogens is 1. The van der Waals surface area contributed by atoms with E-state index in [9.17, 15) is 9.59 Å². The largest absolute Gasteiger partial charge is 0.486 e. The average molecular weight is 425 g/mol. The number of furan rings is 1. The van der Waals surface area contributed by atoms with Crippen LogP contribution in [0.5, 0.6) is 5.75 Å². The van der Waals surface area contributed by atoms with Gasteiger partial charge in [0, 0.05) is 5.39 Å². The van der Waals surface area contributed by atoms with Gasteiger partial charge in [0.05, 0.1) is 17.6 Å². The van der Waals surface area contributed by atoms with Gasteiger partial charge in [-0.1, -0.05) is 48.5 Å². The first kappa shape index (κ1) is 19.6. The van der Waals surface area contributed by atoms with Crippen LogP contribution in [-0.2, 0) is 13.2 Å². The summed E-state index contributed by atoms with van der Waals surface area (Å²) >= 11 is 0. The molecule has 2 N–H and O–H groups in total. The maximum absolute atomic E-state index is 12.5. The van der Waals surface area contributed by atoms with Crippen molar-refractivity contribution in [3.63, 3.8) is 0 Å². The van der Waals surface area contributed by atoms with Crippen molar-refractivity contribution in [2.45, 2.75) is 13.2 Å². The molecule has 5 rings (SSSR count). The van der Waals surface area contributed by atoms with Crippen molar-refractivity contribution in [2.24, 2.45) is 0 Å². The van der Waals surface area contributed by atoms with Gasteiger partial charge in [0.25, 0.3) is 11.5 Å². The lowest BCUT2D eigenvalue weighted by Gasteiger charge is -2.06. The molecule has 3 aromatic carbocycles. The zero-order valence-electron chi connectivity index (χ0n) is 17.0. The van der Waals surface area contributed by atoms with E-state index < -0.39 is 0 Å². The Labute approximate surface area is 182 Å². The van der Waals surface area contributed by atoms with E-state index in [-0.39, 0.29) is 30.4 Å². The number of amides is 1. The molecule has 0 bridgehead atoms. The quantitative estimate of drug-likeness (QED) is 0.425. The molecule has 0 atom stereocenters. The van der Waals surface area contributed by atoms with Gasteiger partial charge >= 0.3 is 0 Å². The van der Waals surface area contributed by atoms with Crippen LogP contribution < -0.4 is 15.6 Å². The number of ether oxygens (including phenoxy) is 1. The van der Waals surface area contributed by atoms with Crippen molar-refractivity contribution >= 4 is 27.5 Å². The summed E-state index contributed by atoms with van der Waals surface area (Å²) in [5, 5.41) is 12.7. The summed E-state index contributed by atoms with van der Waals surface area (Å²) in [6, 6.07) is 24.4. The second-order valence-electron chi connectivity index (χ2n) is 7.29. The normalized spacial score (nSPS) is 11.0. The zero-order valence-corrected chi connectivity index (χ0v) is 17.0. The van der Waals surface area contributed by atoms with Gasteiger partial charge in [-0.25, -0.2) is 5.10 Å². The van der Waals surface area contributed by atoms with Crippen LogP contribution in [0, 0.1) is 0 Å². The molecule has 0 fully saturated rings. The highest BCUT2D eigenvalue weighted by atomic mass is 16.5. The van der Waals surface area contributed by atoms with Crippen molar-refractivity contribution in [2.75, 3.05) is 0 Å². The van der Waals surface area contributed by atoms with Gasteiger partial charge in [-0.15, -0.1) is 0 Å². The number of hydrogen-bond donors (Lipinski definition) is 2. The molecule has 0 radical (unpaired) electrons. The van der Waals surface area contributed by atoms with Crippen LogP contribution in [0.2, 0.25) is 0 Å². The molecule has 7 nitrogen and oxygen atoms in total. The summed E-state index contributed by atoms with van der Waals surface area (Å²) in [7, 11) is 0. The number of rotatable bonds is 6. The van der Waals surface area contributed by atoms with Crippen LogP contribution in [0.4, 0.5) is 0 Å². The minimum atomic E-state index is -0.376. The molecule has 5 aromatic rings. The van der Waals surface area contributed by atoms with Crippen molar-refractivity contribution in [1.82, 2.24) is 15.5 Å². The number of benzene rings is 3. The molecular weight excluding hydrogens is 406 g/mol. The summed E-state index contributed by atoms with van der Waals surface area (Å²) in [5.41, 5.74) is 0.303. The van der Waals surface area contributed by atoms with Gasteiger partial charge in [0.1, 0.15) is 18.1 Å². The average Bonchev–Trinajstić information content (AvgIpc) is 3.31. The van der Waals surface area contributed by atoms with Crippen LogP contribution >= 0.6 is 0 Å². The topological polar surface area (TPSA) is 97.2 Å². The second-order valence-corrected chi connectivity index (χ2v) is 7.29. The first-order chi connectivity index (χ1) is 15.7. The Kier molecular flexibility index (Phi) is 5.13. The van der Waals surface area contributed by atoms with Crippen LogP contribution in [-0.4, -0.2) is 16.1 Å². The predicted molar refractivity (Wildman–Crippen MR) is 121 cm³/mol. The number of hydrogen-bond acceptors (Lipinski definition) is 5. The molecule has 0 aliphatic heterocycles. The molecular formula is C25H19N3O4. The summed E-state index contributed by atoms with van der Waals surface area (Å²) in [6.07, 6.45) is 0. The van der Waals surface area contributed by atoms with Crippen LogP contribution in [0.3, 0.4) is 0 Å².